The second-order valence-electron chi connectivity index (χ2n) is 18.2. The molecule has 3 fully saturated rings. The fraction of sp³-hybridized carbons (Fsp3) is 0.511. The zero-order chi connectivity index (χ0) is 54.6. The van der Waals surface area contributed by atoms with E-state index in [-0.39, 0.29) is 68.2 Å². The van der Waals surface area contributed by atoms with Crippen LogP contribution in [-0.4, -0.2) is 161 Å². The second kappa shape index (κ2) is 29.2. The molecule has 0 spiro atoms. The number of hydrogen-bond acceptors (Lipinski definition) is 17. The van der Waals surface area contributed by atoms with Crippen LogP contribution >= 0.6 is 21.6 Å². The van der Waals surface area contributed by atoms with Gasteiger partial charge in [0.05, 0.1) is 25.3 Å². The molecule has 0 aromatic heterocycles. The fourth-order valence-corrected chi connectivity index (χ4v) is 10.3. The minimum absolute atomic E-state index is 0.0373. The number of phenols is 1. The number of nitrogens with two attached hydrogens (primary N) is 4. The molecule has 0 bridgehead atoms. The lowest BCUT2D eigenvalue weighted by Crippen LogP contribution is -2.61. The molecule has 75 heavy (non-hydrogen) atoms. The number of aromatic hydroxyl groups is 1. The molecule has 5 rings (SSSR count). The third-order valence-corrected chi connectivity index (χ3v) is 14.6. The van der Waals surface area contributed by atoms with Gasteiger partial charge >= 0.3 is 0 Å². The predicted molar refractivity (Wildman–Crippen MR) is 274 cm³/mol. The molecule has 2 aromatic rings. The molecule has 0 aliphatic carbocycles. The summed E-state index contributed by atoms with van der Waals surface area (Å²) in [4.78, 5) is 149. The Morgan fingerprint density at radius 2 is 1.36 bits per heavy atom. The van der Waals surface area contributed by atoms with E-state index in [1.54, 1.807) is 42.5 Å². The van der Waals surface area contributed by atoms with Crippen molar-refractivity contribution in [2.45, 2.75) is 119 Å². The smallest absolute Gasteiger partial charge is 0.246 e. The van der Waals surface area contributed by atoms with Crippen molar-refractivity contribution in [3.63, 3.8) is 0 Å². The number of hydrogen-bond donors (Lipinski definition) is 14. The molecule has 0 saturated carbocycles. The fourth-order valence-electron chi connectivity index (χ4n) is 8.18. The summed E-state index contributed by atoms with van der Waals surface area (Å²) in [5.41, 5.74) is 23.2. The van der Waals surface area contributed by atoms with Crippen molar-refractivity contribution in [1.29, 1.82) is 0 Å². The van der Waals surface area contributed by atoms with Crippen LogP contribution in [0.25, 0.3) is 0 Å². The Hall–Kier alpha value is -7.01. The highest BCUT2D eigenvalue weighted by Gasteiger charge is 2.41. The van der Waals surface area contributed by atoms with Gasteiger partial charge in [0, 0.05) is 43.7 Å². The van der Waals surface area contributed by atoms with Gasteiger partial charge in [-0.3, -0.25) is 63.4 Å². The molecule has 18 N–H and O–H groups in total. The van der Waals surface area contributed by atoms with Gasteiger partial charge in [-0.25, -0.2) is 0 Å². The Kier molecular flexibility index (Phi) is 22.9. The van der Waals surface area contributed by atoms with E-state index < -0.39 is 133 Å². The normalized spacial score (nSPS) is 24.4. The summed E-state index contributed by atoms with van der Waals surface area (Å²) in [5, 5.41) is 34.1. The average molecular weight is 1080 g/mol. The topological polar surface area (TPSA) is 433 Å². The third kappa shape index (κ3) is 19.7. The summed E-state index contributed by atoms with van der Waals surface area (Å²) >= 11 is 0. The van der Waals surface area contributed by atoms with Crippen LogP contribution < -0.4 is 70.8 Å². The molecule has 2 unspecified atom stereocenters. The highest BCUT2D eigenvalue weighted by molar-refractivity contribution is 8.76. The van der Waals surface area contributed by atoms with E-state index in [9.17, 15) is 57.8 Å². The lowest BCUT2D eigenvalue weighted by atomic mass is 10.0. The minimum Gasteiger partial charge on any atom is -0.508 e. The van der Waals surface area contributed by atoms with Crippen LogP contribution in [0.4, 0.5) is 0 Å². The SMILES string of the molecule is NC(=O)CC[C@@H]1NC(=O)[C@H](Cc2ccccc2)NC(=O)[C@H](Cc2ccc(O)cc2)NC(=O)CCSSC[C@@H](C(=O)N2CCC[C@H]2C(=O)N[C@@H](CCCNC2NC2N)C(=O)NCC(N)=O)NC(=O)[C@H](CC(N)=O)NC1=O. The number of benzene rings is 2. The van der Waals surface area contributed by atoms with E-state index in [0.717, 1.165) is 21.6 Å². The quantitative estimate of drug-likeness (QED) is 0.0336. The third-order valence-electron chi connectivity index (χ3n) is 12.2. The zero-order valence-electron chi connectivity index (χ0n) is 41.0. The summed E-state index contributed by atoms with van der Waals surface area (Å²) in [7, 11) is 2.21. The van der Waals surface area contributed by atoms with Crippen molar-refractivity contribution >= 4 is 86.6 Å². The number of carbonyl (C=O) groups excluding carboxylic acids is 11. The monoisotopic (exact) mass is 1080 g/mol. The molecule has 11 amide bonds. The van der Waals surface area contributed by atoms with E-state index in [1.165, 1.54) is 17.0 Å². The van der Waals surface area contributed by atoms with Gasteiger partial charge in [-0.2, -0.15) is 0 Å². The Bertz CT molecular complexity index is 2390. The largest absolute Gasteiger partial charge is 0.508 e. The summed E-state index contributed by atoms with van der Waals surface area (Å²) in [6.45, 7) is -0.0243. The van der Waals surface area contributed by atoms with E-state index in [4.69, 9.17) is 22.9 Å². The van der Waals surface area contributed by atoms with Crippen molar-refractivity contribution in [2.24, 2.45) is 22.9 Å². The number of primary amides is 3. The summed E-state index contributed by atoms with van der Waals surface area (Å²) in [6, 6.07) is 4.72. The van der Waals surface area contributed by atoms with Crippen molar-refractivity contribution in [2.75, 3.05) is 31.1 Å². The number of nitrogens with zero attached hydrogens (tertiary/aromatic N) is 1. The maximum absolute atomic E-state index is 14.6. The van der Waals surface area contributed by atoms with Gasteiger partial charge in [0.15, 0.2) is 0 Å². The minimum atomic E-state index is -1.76. The molecule has 26 nitrogen and oxygen atoms in total. The maximum atomic E-state index is 14.6. The van der Waals surface area contributed by atoms with Crippen LogP contribution in [0.3, 0.4) is 0 Å². The first-order valence-corrected chi connectivity index (χ1v) is 26.8. The van der Waals surface area contributed by atoms with E-state index >= 15 is 0 Å². The zero-order valence-corrected chi connectivity index (χ0v) is 42.6. The first-order valence-electron chi connectivity index (χ1n) is 24.3. The van der Waals surface area contributed by atoms with Gasteiger partial charge in [0.25, 0.3) is 0 Å². The number of amides is 11. The summed E-state index contributed by atoms with van der Waals surface area (Å²) in [5.74, 6) is -9.32. The lowest BCUT2D eigenvalue weighted by molar-refractivity contribution is -0.142. The van der Waals surface area contributed by atoms with Gasteiger partial charge in [-0.05, 0) is 61.9 Å². The molecular formula is C47H66N14O12S2. The Labute approximate surface area is 440 Å². The lowest BCUT2D eigenvalue weighted by Gasteiger charge is -2.31. The van der Waals surface area contributed by atoms with Gasteiger partial charge in [-0.1, -0.05) is 64.1 Å². The van der Waals surface area contributed by atoms with Crippen LogP contribution in [0, 0.1) is 0 Å². The Balaban J connectivity index is 1.42. The standard InChI is InChI=1S/C47H66N14O12S2/c48-35(63)15-14-29-42(68)58-32(22-36(49)64)45(71)59-33(47(73)61-18-5-9-34(61)46(72)56-28(41(67)53-23-37(50)65)8-4-17-52-40-39(51)60-40)24-75-74-19-16-38(66)54-30(21-26-10-12-27(62)13-11-26)43(69)57-31(44(70)55-29)20-25-6-2-1-3-7-25/h1-3,6-7,10-13,28-34,39-40,52,60,62H,4-5,8-9,14-24,51H2,(H2,48,63)(H2,49,64)(H2,50,65)(H,53,67)(H,54,66)(H,55,70)(H,56,72)(H,57,69)(H,58,68)(H,59,71)/t28-,29-,30-,31-,32-,33-,34-,39?,40?/m0/s1. The highest BCUT2D eigenvalue weighted by Crippen LogP contribution is 2.26. The summed E-state index contributed by atoms with van der Waals surface area (Å²) in [6.07, 6.45) is -1.28. The Morgan fingerprint density at radius 1 is 0.747 bits per heavy atom. The van der Waals surface area contributed by atoms with Crippen LogP contribution in [-0.2, 0) is 65.6 Å². The number of phenolic OH excluding ortho intramolecular Hbond substituents is 1. The van der Waals surface area contributed by atoms with Crippen molar-refractivity contribution < 1.29 is 57.8 Å². The van der Waals surface area contributed by atoms with E-state index in [0.29, 0.717) is 30.5 Å². The average Bonchev–Trinajstić information content (AvgIpc) is 3.84. The molecule has 3 heterocycles. The number of nitrogens with one attached hydrogen (secondary N) is 9. The van der Waals surface area contributed by atoms with Crippen molar-refractivity contribution in [1.82, 2.24) is 52.8 Å². The van der Waals surface area contributed by atoms with Crippen LogP contribution in [0.5, 0.6) is 5.75 Å². The van der Waals surface area contributed by atoms with E-state index in [1.807, 2.05) is 0 Å². The van der Waals surface area contributed by atoms with Gasteiger partial charge in [0.1, 0.15) is 48.0 Å². The van der Waals surface area contributed by atoms with Crippen LogP contribution in [0.15, 0.2) is 54.6 Å². The molecule has 2 aromatic carbocycles. The van der Waals surface area contributed by atoms with Gasteiger partial charge in [-0.15, -0.1) is 0 Å². The highest BCUT2D eigenvalue weighted by atomic mass is 33.1. The van der Waals surface area contributed by atoms with Crippen molar-refractivity contribution in [3.8, 4) is 5.75 Å². The van der Waals surface area contributed by atoms with Crippen LogP contribution in [0.2, 0.25) is 0 Å². The first kappa shape index (κ1) is 58.9. The molecule has 3 saturated heterocycles. The molecule has 9 atom stereocenters. The summed E-state index contributed by atoms with van der Waals surface area (Å²) < 4.78 is 0. The van der Waals surface area contributed by atoms with Gasteiger partial charge in [0.2, 0.25) is 65.0 Å². The Morgan fingerprint density at radius 3 is 2.00 bits per heavy atom. The molecule has 0 radical (unpaired) electrons. The first-order chi connectivity index (χ1) is 35.8. The molecule has 28 heteroatoms. The molecule has 3 aliphatic heterocycles. The maximum Gasteiger partial charge on any atom is 0.246 e. The van der Waals surface area contributed by atoms with Crippen LogP contribution in [0.1, 0.15) is 62.5 Å². The molecular weight excluding hydrogens is 1020 g/mol. The number of carbonyl (C=O) groups is 11. The molecule has 408 valence electrons. The number of rotatable bonds is 20. The van der Waals surface area contributed by atoms with E-state index in [2.05, 4.69) is 47.9 Å². The number of likely N-dealkylation sites (tertiary alicyclic amines) is 1. The predicted octanol–water partition coefficient (Wildman–Crippen LogP) is -4.81. The second-order valence-corrected chi connectivity index (χ2v) is 20.8. The van der Waals surface area contributed by atoms with Gasteiger partial charge < -0.3 is 70.2 Å². The molecule has 3 aliphatic rings. The van der Waals surface area contributed by atoms with Crippen molar-refractivity contribution in [3.05, 3.63) is 65.7 Å².